The highest BCUT2D eigenvalue weighted by Crippen LogP contribution is 2.27. The van der Waals surface area contributed by atoms with Crippen molar-refractivity contribution >= 4 is 10.0 Å². The van der Waals surface area contributed by atoms with Crippen molar-refractivity contribution in [3.63, 3.8) is 0 Å². The quantitative estimate of drug-likeness (QED) is 0.810. The lowest BCUT2D eigenvalue weighted by molar-refractivity contribution is 0.102. The third-order valence-corrected chi connectivity index (χ3v) is 5.68. The van der Waals surface area contributed by atoms with Crippen LogP contribution in [0.15, 0.2) is 4.90 Å². The molecule has 1 aromatic rings. The van der Waals surface area contributed by atoms with Crippen molar-refractivity contribution in [3.8, 4) is 0 Å². The molecule has 0 saturated carbocycles. The van der Waals surface area contributed by atoms with Crippen molar-refractivity contribution in [1.82, 2.24) is 14.5 Å². The molecule has 1 aliphatic heterocycles. The molecule has 19 heavy (non-hydrogen) atoms. The van der Waals surface area contributed by atoms with Crippen LogP contribution in [-0.4, -0.2) is 48.7 Å². The van der Waals surface area contributed by atoms with E-state index in [1.807, 2.05) is 6.92 Å². The molecule has 7 nitrogen and oxygen atoms in total. The third kappa shape index (κ3) is 2.40. The number of hydrogen-bond acceptors (Lipinski definition) is 5. The van der Waals surface area contributed by atoms with Crippen LogP contribution in [0.25, 0.3) is 0 Å². The number of nitrogens with two attached hydrogens (primary N) is 1. The van der Waals surface area contributed by atoms with Gasteiger partial charge >= 0.3 is 0 Å². The fourth-order valence-electron chi connectivity index (χ4n) is 2.47. The number of ether oxygens (including phenoxy) is 1. The number of likely N-dealkylation sites (N-methyl/N-ethyl adjacent to an activating group) is 1. The summed E-state index contributed by atoms with van der Waals surface area (Å²) in [6.07, 6.45) is 0.597. The molecule has 0 amide bonds. The number of H-pyrrole nitrogens is 1. The predicted octanol–water partition coefficient (Wildman–Crippen LogP) is -0.0253. The van der Waals surface area contributed by atoms with Crippen LogP contribution >= 0.6 is 0 Å². The van der Waals surface area contributed by atoms with Gasteiger partial charge in [0, 0.05) is 20.2 Å². The Morgan fingerprint density at radius 2 is 2.26 bits per heavy atom. The number of rotatable bonds is 4. The average Bonchev–Trinajstić information content (AvgIpc) is 2.94. The number of hydrogen-bond donors (Lipinski definition) is 2. The van der Waals surface area contributed by atoms with Crippen molar-refractivity contribution in [2.24, 2.45) is 5.73 Å². The first kappa shape index (κ1) is 14.4. The van der Waals surface area contributed by atoms with Crippen LogP contribution in [0, 0.1) is 6.92 Å². The van der Waals surface area contributed by atoms with Gasteiger partial charge in [0.05, 0.1) is 23.5 Å². The van der Waals surface area contributed by atoms with E-state index in [0.29, 0.717) is 24.4 Å². The second-order valence-corrected chi connectivity index (χ2v) is 6.72. The summed E-state index contributed by atoms with van der Waals surface area (Å²) < 4.78 is 32.2. The van der Waals surface area contributed by atoms with E-state index < -0.39 is 10.0 Å². The smallest absolute Gasteiger partial charge is 0.246 e. The highest BCUT2D eigenvalue weighted by Gasteiger charge is 2.37. The van der Waals surface area contributed by atoms with Crippen molar-refractivity contribution in [2.45, 2.75) is 43.9 Å². The molecule has 2 atom stereocenters. The number of aromatic nitrogens is 2. The number of sulfonamides is 1. The average molecular weight is 288 g/mol. The normalized spacial score (nSPS) is 24.3. The molecule has 1 saturated heterocycles. The van der Waals surface area contributed by atoms with Gasteiger partial charge in [0.1, 0.15) is 4.90 Å². The molecule has 0 aromatic carbocycles. The van der Waals surface area contributed by atoms with E-state index >= 15 is 0 Å². The summed E-state index contributed by atoms with van der Waals surface area (Å²) in [5.74, 6) is 0. The number of aromatic amines is 1. The van der Waals surface area contributed by atoms with Gasteiger partial charge in [-0.25, -0.2) is 8.42 Å². The fraction of sp³-hybridized carbons (Fsp3) is 0.727. The van der Waals surface area contributed by atoms with Gasteiger partial charge in [-0.3, -0.25) is 5.10 Å². The first-order valence-electron chi connectivity index (χ1n) is 6.23. The largest absolute Gasteiger partial charge is 0.377 e. The minimum Gasteiger partial charge on any atom is -0.377 e. The molecule has 0 aliphatic carbocycles. The van der Waals surface area contributed by atoms with Gasteiger partial charge < -0.3 is 10.5 Å². The van der Waals surface area contributed by atoms with E-state index in [1.54, 1.807) is 14.0 Å². The summed E-state index contributed by atoms with van der Waals surface area (Å²) in [5, 5.41) is 6.63. The van der Waals surface area contributed by atoms with Gasteiger partial charge in [0.25, 0.3) is 0 Å². The summed E-state index contributed by atoms with van der Waals surface area (Å²) in [6.45, 7) is 4.24. The van der Waals surface area contributed by atoms with E-state index in [0.717, 1.165) is 0 Å². The van der Waals surface area contributed by atoms with Gasteiger partial charge in [0.2, 0.25) is 10.0 Å². The van der Waals surface area contributed by atoms with Gasteiger partial charge in [-0.05, 0) is 20.3 Å². The van der Waals surface area contributed by atoms with Gasteiger partial charge in [-0.1, -0.05) is 0 Å². The lowest BCUT2D eigenvalue weighted by atomic mass is 10.2. The Morgan fingerprint density at radius 3 is 2.79 bits per heavy atom. The highest BCUT2D eigenvalue weighted by atomic mass is 32.2. The van der Waals surface area contributed by atoms with Crippen molar-refractivity contribution < 1.29 is 13.2 Å². The monoisotopic (exact) mass is 288 g/mol. The van der Waals surface area contributed by atoms with E-state index in [1.165, 1.54) is 4.31 Å². The van der Waals surface area contributed by atoms with Crippen LogP contribution in [0.5, 0.6) is 0 Å². The van der Waals surface area contributed by atoms with Gasteiger partial charge in [-0.15, -0.1) is 0 Å². The van der Waals surface area contributed by atoms with Crippen molar-refractivity contribution in [2.75, 3.05) is 13.7 Å². The first-order chi connectivity index (χ1) is 8.89. The Balaban J connectivity index is 2.39. The maximum Gasteiger partial charge on any atom is 0.246 e. The Kier molecular flexibility index (Phi) is 3.95. The zero-order valence-corrected chi connectivity index (χ0v) is 12.2. The summed E-state index contributed by atoms with van der Waals surface area (Å²) in [4.78, 5) is 0.191. The molecule has 3 N–H and O–H groups in total. The first-order valence-corrected chi connectivity index (χ1v) is 7.67. The molecule has 108 valence electrons. The Morgan fingerprint density at radius 1 is 1.58 bits per heavy atom. The molecule has 2 rings (SSSR count). The SMILES string of the molecule is Cc1[nH]nc(CN)c1S(=O)(=O)N(C)C1CCOC1C. The van der Waals surface area contributed by atoms with Gasteiger partial charge in [-0.2, -0.15) is 9.40 Å². The minimum atomic E-state index is -3.61. The van der Waals surface area contributed by atoms with Crippen molar-refractivity contribution in [3.05, 3.63) is 11.4 Å². The van der Waals surface area contributed by atoms with E-state index in [-0.39, 0.29) is 23.6 Å². The zero-order chi connectivity index (χ0) is 14.2. The second kappa shape index (κ2) is 5.20. The summed E-state index contributed by atoms with van der Waals surface area (Å²) in [5.41, 5.74) is 6.44. The summed E-state index contributed by atoms with van der Waals surface area (Å²) in [7, 11) is -2.02. The minimum absolute atomic E-state index is 0.0868. The molecule has 1 aromatic heterocycles. The van der Waals surface area contributed by atoms with Crippen LogP contribution in [0.1, 0.15) is 24.7 Å². The molecule has 2 unspecified atom stereocenters. The van der Waals surface area contributed by atoms with E-state index in [9.17, 15) is 8.42 Å². The van der Waals surface area contributed by atoms with Crippen LogP contribution in [0.3, 0.4) is 0 Å². The lowest BCUT2D eigenvalue weighted by Crippen LogP contribution is -2.41. The van der Waals surface area contributed by atoms with Crippen molar-refractivity contribution in [1.29, 1.82) is 0 Å². The number of nitrogens with zero attached hydrogens (tertiary/aromatic N) is 2. The highest BCUT2D eigenvalue weighted by molar-refractivity contribution is 7.89. The molecule has 0 bridgehead atoms. The maximum absolute atomic E-state index is 12.7. The molecule has 0 radical (unpaired) electrons. The third-order valence-electron chi connectivity index (χ3n) is 3.59. The Bertz CT molecular complexity index is 554. The molecular weight excluding hydrogens is 268 g/mol. The molecule has 2 heterocycles. The standard InChI is InChI=1S/C11H20N4O3S/c1-7-11(9(6-12)14-13-7)19(16,17)15(3)10-4-5-18-8(10)2/h8,10H,4-6,12H2,1-3H3,(H,13,14). The Hall–Kier alpha value is -0.960. The van der Waals surface area contributed by atoms with Crippen LogP contribution in [0.2, 0.25) is 0 Å². The predicted molar refractivity (Wildman–Crippen MR) is 70.0 cm³/mol. The number of aryl methyl sites for hydroxylation is 1. The fourth-order valence-corrected chi connectivity index (χ4v) is 4.25. The molecular formula is C11H20N4O3S. The van der Waals surface area contributed by atoms with E-state index in [2.05, 4.69) is 10.2 Å². The summed E-state index contributed by atoms with van der Waals surface area (Å²) in [6, 6.07) is -0.148. The molecule has 0 spiro atoms. The lowest BCUT2D eigenvalue weighted by Gasteiger charge is -2.26. The molecule has 8 heteroatoms. The molecule has 1 aliphatic rings. The molecule has 1 fully saturated rings. The Labute approximate surface area is 113 Å². The zero-order valence-electron chi connectivity index (χ0n) is 11.4. The van der Waals surface area contributed by atoms with Crippen LogP contribution < -0.4 is 5.73 Å². The second-order valence-electron chi connectivity index (χ2n) is 4.78. The maximum atomic E-state index is 12.7. The van der Waals surface area contributed by atoms with Gasteiger partial charge in [0.15, 0.2) is 0 Å². The number of nitrogens with one attached hydrogen (secondary N) is 1. The van der Waals surface area contributed by atoms with Crippen LogP contribution in [-0.2, 0) is 21.3 Å². The van der Waals surface area contributed by atoms with Crippen LogP contribution in [0.4, 0.5) is 0 Å². The summed E-state index contributed by atoms with van der Waals surface area (Å²) >= 11 is 0. The van der Waals surface area contributed by atoms with E-state index in [4.69, 9.17) is 10.5 Å². The topological polar surface area (TPSA) is 101 Å².